The molecule has 1 aliphatic rings. The number of aromatic amines is 1. The molecule has 5 heteroatoms. The molecule has 0 radical (unpaired) electrons. The number of hydrogen-bond donors (Lipinski definition) is 1. The maximum absolute atomic E-state index is 12.0. The minimum Gasteiger partial charge on any atom is -0.381 e. The van der Waals surface area contributed by atoms with E-state index in [9.17, 15) is 4.79 Å². The number of hydrogen-bond acceptors (Lipinski definition) is 2. The summed E-state index contributed by atoms with van der Waals surface area (Å²) >= 11 is 3.46. The smallest absolute Gasteiger partial charge is 0.326 e. The summed E-state index contributed by atoms with van der Waals surface area (Å²) in [6, 6.07) is 6.12. The van der Waals surface area contributed by atoms with Gasteiger partial charge in [0.25, 0.3) is 0 Å². The predicted molar refractivity (Wildman–Crippen MR) is 69.3 cm³/mol. The Morgan fingerprint density at radius 3 is 2.88 bits per heavy atom. The van der Waals surface area contributed by atoms with Crippen molar-refractivity contribution in [3.05, 3.63) is 33.2 Å². The number of para-hydroxylation sites is 1. The highest BCUT2D eigenvalue weighted by Gasteiger charge is 2.20. The van der Waals surface area contributed by atoms with Crippen molar-refractivity contribution >= 4 is 27.0 Å². The van der Waals surface area contributed by atoms with E-state index in [1.54, 1.807) is 0 Å². The molecule has 0 unspecified atom stereocenters. The van der Waals surface area contributed by atoms with E-state index in [1.165, 1.54) is 0 Å². The van der Waals surface area contributed by atoms with Crippen LogP contribution in [0.25, 0.3) is 11.0 Å². The van der Waals surface area contributed by atoms with Gasteiger partial charge in [-0.1, -0.05) is 6.07 Å². The van der Waals surface area contributed by atoms with Gasteiger partial charge in [-0.3, -0.25) is 4.57 Å². The maximum atomic E-state index is 12.0. The summed E-state index contributed by atoms with van der Waals surface area (Å²) in [5.74, 6) is 0. The van der Waals surface area contributed by atoms with Crippen molar-refractivity contribution in [2.24, 2.45) is 0 Å². The van der Waals surface area contributed by atoms with Gasteiger partial charge in [-0.25, -0.2) is 4.79 Å². The van der Waals surface area contributed by atoms with Gasteiger partial charge >= 0.3 is 5.69 Å². The van der Waals surface area contributed by atoms with Crippen LogP contribution in [0.15, 0.2) is 27.5 Å². The molecule has 0 atom stereocenters. The van der Waals surface area contributed by atoms with Crippen LogP contribution < -0.4 is 5.69 Å². The Labute approximate surface area is 107 Å². The molecule has 1 aromatic heterocycles. The van der Waals surface area contributed by atoms with E-state index in [0.29, 0.717) is 0 Å². The van der Waals surface area contributed by atoms with Crippen LogP contribution in [0.4, 0.5) is 0 Å². The van der Waals surface area contributed by atoms with Gasteiger partial charge in [0.2, 0.25) is 0 Å². The Kier molecular flexibility index (Phi) is 2.80. The molecule has 0 spiro atoms. The lowest BCUT2D eigenvalue weighted by atomic mass is 10.1. The molecule has 90 valence electrons. The average Bonchev–Trinajstić information content (AvgIpc) is 2.68. The standard InChI is InChI=1S/C12H13BrN2O2/c13-9-2-1-3-10-11(9)14-12(16)15(10)8-4-6-17-7-5-8/h1-3,8H,4-7H2,(H,14,16). The highest BCUT2D eigenvalue weighted by Crippen LogP contribution is 2.26. The van der Waals surface area contributed by atoms with Crippen LogP contribution in [-0.4, -0.2) is 22.8 Å². The number of nitrogens with one attached hydrogen (secondary N) is 1. The number of aromatic nitrogens is 2. The van der Waals surface area contributed by atoms with Gasteiger partial charge in [-0.05, 0) is 40.9 Å². The number of imidazole rings is 1. The fourth-order valence-corrected chi connectivity index (χ4v) is 2.87. The van der Waals surface area contributed by atoms with E-state index >= 15 is 0 Å². The van der Waals surface area contributed by atoms with E-state index < -0.39 is 0 Å². The van der Waals surface area contributed by atoms with Gasteiger partial charge in [0, 0.05) is 23.7 Å². The lowest BCUT2D eigenvalue weighted by molar-refractivity contribution is 0.0698. The molecule has 1 aromatic carbocycles. The molecule has 2 aromatic rings. The molecule has 17 heavy (non-hydrogen) atoms. The zero-order chi connectivity index (χ0) is 11.8. The van der Waals surface area contributed by atoms with Crippen LogP contribution in [0.5, 0.6) is 0 Å². The summed E-state index contributed by atoms with van der Waals surface area (Å²) in [6.07, 6.45) is 1.80. The third-order valence-corrected chi connectivity index (χ3v) is 3.92. The lowest BCUT2D eigenvalue weighted by Crippen LogP contribution is -2.27. The van der Waals surface area contributed by atoms with Crippen molar-refractivity contribution < 1.29 is 4.74 Å². The third kappa shape index (κ3) is 1.83. The van der Waals surface area contributed by atoms with Crippen molar-refractivity contribution in [1.29, 1.82) is 0 Å². The monoisotopic (exact) mass is 296 g/mol. The number of nitrogens with zero attached hydrogens (tertiary/aromatic N) is 1. The van der Waals surface area contributed by atoms with Gasteiger partial charge in [-0.2, -0.15) is 0 Å². The van der Waals surface area contributed by atoms with Crippen LogP contribution in [0.1, 0.15) is 18.9 Å². The summed E-state index contributed by atoms with van der Waals surface area (Å²) in [6.45, 7) is 1.47. The quantitative estimate of drug-likeness (QED) is 0.879. The Morgan fingerprint density at radius 2 is 2.12 bits per heavy atom. The highest BCUT2D eigenvalue weighted by molar-refractivity contribution is 9.10. The Morgan fingerprint density at radius 1 is 1.35 bits per heavy atom. The zero-order valence-electron chi connectivity index (χ0n) is 9.28. The van der Waals surface area contributed by atoms with Crippen molar-refractivity contribution in [1.82, 2.24) is 9.55 Å². The maximum Gasteiger partial charge on any atom is 0.326 e. The first-order valence-electron chi connectivity index (χ1n) is 5.74. The molecule has 0 amide bonds. The molecule has 4 nitrogen and oxygen atoms in total. The van der Waals surface area contributed by atoms with Crippen LogP contribution in [0.2, 0.25) is 0 Å². The number of halogens is 1. The fourth-order valence-electron chi connectivity index (χ4n) is 2.42. The molecule has 1 N–H and O–H groups in total. The van der Waals surface area contributed by atoms with Crippen molar-refractivity contribution in [3.63, 3.8) is 0 Å². The first-order chi connectivity index (χ1) is 8.27. The summed E-state index contributed by atoms with van der Waals surface area (Å²) in [5.41, 5.74) is 1.82. The summed E-state index contributed by atoms with van der Waals surface area (Å²) in [5, 5.41) is 0. The van der Waals surface area contributed by atoms with Crippen LogP contribution >= 0.6 is 15.9 Å². The van der Waals surface area contributed by atoms with Crippen LogP contribution in [0, 0.1) is 0 Å². The molecule has 1 saturated heterocycles. The lowest BCUT2D eigenvalue weighted by Gasteiger charge is -2.23. The van der Waals surface area contributed by atoms with Gasteiger partial charge in [0.1, 0.15) is 0 Å². The number of rotatable bonds is 1. The van der Waals surface area contributed by atoms with Crippen molar-refractivity contribution in [2.45, 2.75) is 18.9 Å². The topological polar surface area (TPSA) is 47.0 Å². The molecule has 2 heterocycles. The van der Waals surface area contributed by atoms with Gasteiger partial charge in [0.05, 0.1) is 11.0 Å². The molecule has 3 rings (SSSR count). The minimum absolute atomic E-state index is 0.0289. The Bertz CT molecular complexity index is 596. The van der Waals surface area contributed by atoms with E-state index in [0.717, 1.165) is 41.6 Å². The van der Waals surface area contributed by atoms with E-state index in [1.807, 2.05) is 22.8 Å². The molecule has 0 bridgehead atoms. The molecule has 0 aliphatic carbocycles. The second-order valence-corrected chi connectivity index (χ2v) is 5.13. The number of fused-ring (bicyclic) bond motifs is 1. The molecular weight excluding hydrogens is 284 g/mol. The van der Waals surface area contributed by atoms with Crippen molar-refractivity contribution in [2.75, 3.05) is 13.2 Å². The second kappa shape index (κ2) is 4.31. The van der Waals surface area contributed by atoms with Crippen LogP contribution in [0.3, 0.4) is 0 Å². The largest absolute Gasteiger partial charge is 0.381 e. The highest BCUT2D eigenvalue weighted by atomic mass is 79.9. The van der Waals surface area contributed by atoms with E-state index in [2.05, 4.69) is 20.9 Å². The number of ether oxygens (including phenoxy) is 1. The van der Waals surface area contributed by atoms with Gasteiger partial charge in [-0.15, -0.1) is 0 Å². The summed E-state index contributed by atoms with van der Waals surface area (Å²) in [7, 11) is 0. The zero-order valence-corrected chi connectivity index (χ0v) is 10.9. The first kappa shape index (κ1) is 11.0. The van der Waals surface area contributed by atoms with Crippen LogP contribution in [-0.2, 0) is 4.74 Å². The molecular formula is C12H13BrN2O2. The normalized spacial score (nSPS) is 17.7. The molecule has 0 saturated carbocycles. The Hall–Kier alpha value is -1.07. The molecule has 1 aliphatic heterocycles. The predicted octanol–water partition coefficient (Wildman–Crippen LogP) is 2.44. The third-order valence-electron chi connectivity index (χ3n) is 3.26. The van der Waals surface area contributed by atoms with E-state index in [-0.39, 0.29) is 11.7 Å². The number of H-pyrrole nitrogens is 1. The van der Waals surface area contributed by atoms with Crippen molar-refractivity contribution in [3.8, 4) is 0 Å². The Balaban J connectivity index is 2.18. The average molecular weight is 297 g/mol. The SMILES string of the molecule is O=c1[nH]c2c(Br)cccc2n1C1CCOCC1. The minimum atomic E-state index is -0.0289. The van der Waals surface area contributed by atoms with Gasteiger partial charge < -0.3 is 9.72 Å². The number of benzene rings is 1. The van der Waals surface area contributed by atoms with E-state index in [4.69, 9.17) is 4.74 Å². The first-order valence-corrected chi connectivity index (χ1v) is 6.53. The summed E-state index contributed by atoms with van der Waals surface area (Å²) < 4.78 is 8.13. The second-order valence-electron chi connectivity index (χ2n) is 4.28. The fraction of sp³-hybridized carbons (Fsp3) is 0.417. The van der Waals surface area contributed by atoms with Gasteiger partial charge in [0.15, 0.2) is 0 Å². The summed E-state index contributed by atoms with van der Waals surface area (Å²) in [4.78, 5) is 14.9. The molecule has 1 fully saturated rings.